The van der Waals surface area contributed by atoms with Crippen LogP contribution in [0.2, 0.25) is 0 Å². The summed E-state index contributed by atoms with van der Waals surface area (Å²) >= 11 is 0. The number of carbonyl (C=O) groups is 3. The van der Waals surface area contributed by atoms with E-state index in [4.69, 9.17) is 4.74 Å². The van der Waals surface area contributed by atoms with Crippen molar-refractivity contribution in [3.8, 4) is 5.88 Å². The van der Waals surface area contributed by atoms with E-state index in [1.54, 1.807) is 18.2 Å². The Bertz CT molecular complexity index is 787. The molecule has 1 fully saturated rings. The first-order valence-electron chi connectivity index (χ1n) is 7.15. The van der Waals surface area contributed by atoms with Crippen LogP contribution in [0.15, 0.2) is 30.3 Å². The van der Waals surface area contributed by atoms with Gasteiger partial charge in [-0.2, -0.15) is 0 Å². The Hall–Kier alpha value is -2.96. The molecule has 0 spiro atoms. The molecule has 1 N–H and O–H groups in total. The normalized spacial score (nSPS) is 14.4. The van der Waals surface area contributed by atoms with Gasteiger partial charge in [0.25, 0.3) is 0 Å². The number of imide groups is 1. The molecule has 7 heteroatoms. The topological polar surface area (TPSA) is 88.6 Å². The summed E-state index contributed by atoms with van der Waals surface area (Å²) in [6.07, 6.45) is 0.332. The molecule has 0 saturated carbocycles. The smallest absolute Gasteiger partial charge is 0.244 e. The van der Waals surface area contributed by atoms with Crippen LogP contribution in [-0.2, 0) is 14.4 Å². The van der Waals surface area contributed by atoms with E-state index >= 15 is 0 Å². The van der Waals surface area contributed by atoms with Gasteiger partial charge in [-0.3, -0.25) is 19.3 Å². The Kier molecular flexibility index (Phi) is 3.92. The highest BCUT2D eigenvalue weighted by molar-refractivity contribution is 6.07. The third-order valence-corrected chi connectivity index (χ3v) is 3.63. The number of nitrogens with one attached hydrogen (secondary N) is 1. The Morgan fingerprint density at radius 2 is 1.96 bits per heavy atom. The standard InChI is InChI=1S/C16H15N3O4/c1-23-13-6-5-10-3-2-4-11(16(10)18-13)17-12(20)9-19-14(21)7-8-15(19)22/h2-6H,7-9H2,1H3,(H,17,20). The summed E-state index contributed by atoms with van der Waals surface area (Å²) < 4.78 is 5.10. The number of hydrogen-bond acceptors (Lipinski definition) is 5. The van der Waals surface area contributed by atoms with Crippen LogP contribution in [0.5, 0.6) is 5.88 Å². The molecule has 23 heavy (non-hydrogen) atoms. The molecule has 1 aromatic carbocycles. The van der Waals surface area contributed by atoms with E-state index in [1.165, 1.54) is 7.11 Å². The maximum Gasteiger partial charge on any atom is 0.244 e. The average molecular weight is 313 g/mol. The van der Waals surface area contributed by atoms with Crippen LogP contribution >= 0.6 is 0 Å². The van der Waals surface area contributed by atoms with Gasteiger partial charge >= 0.3 is 0 Å². The van der Waals surface area contributed by atoms with Crippen LogP contribution in [0.25, 0.3) is 10.9 Å². The minimum atomic E-state index is -0.439. The SMILES string of the molecule is COc1ccc2cccc(NC(=O)CN3C(=O)CCC3=O)c2n1. The largest absolute Gasteiger partial charge is 0.481 e. The summed E-state index contributed by atoms with van der Waals surface area (Å²) in [5, 5.41) is 3.55. The highest BCUT2D eigenvalue weighted by Crippen LogP contribution is 2.24. The molecule has 0 atom stereocenters. The molecule has 0 unspecified atom stereocenters. The molecule has 1 aliphatic heterocycles. The van der Waals surface area contributed by atoms with Crippen LogP contribution in [0.3, 0.4) is 0 Å². The fourth-order valence-corrected chi connectivity index (χ4v) is 2.48. The molecule has 118 valence electrons. The van der Waals surface area contributed by atoms with Crippen molar-refractivity contribution in [3.05, 3.63) is 30.3 Å². The van der Waals surface area contributed by atoms with Crippen molar-refractivity contribution in [2.75, 3.05) is 19.0 Å². The quantitative estimate of drug-likeness (QED) is 0.860. The molecule has 0 radical (unpaired) electrons. The first-order chi connectivity index (χ1) is 11.1. The van der Waals surface area contributed by atoms with E-state index in [1.807, 2.05) is 12.1 Å². The lowest BCUT2D eigenvalue weighted by molar-refractivity contribution is -0.141. The van der Waals surface area contributed by atoms with Crippen molar-refractivity contribution in [2.45, 2.75) is 12.8 Å². The molecule has 0 bridgehead atoms. The van der Waals surface area contributed by atoms with Crippen LogP contribution in [0, 0.1) is 0 Å². The summed E-state index contributed by atoms with van der Waals surface area (Å²) in [4.78, 5) is 40.6. The molecule has 1 aromatic heterocycles. The molecule has 2 aromatic rings. The number of hydrogen-bond donors (Lipinski definition) is 1. The Morgan fingerprint density at radius 3 is 2.65 bits per heavy atom. The van der Waals surface area contributed by atoms with Gasteiger partial charge in [0.1, 0.15) is 6.54 Å². The van der Waals surface area contributed by atoms with E-state index in [-0.39, 0.29) is 31.2 Å². The average Bonchev–Trinajstić information content (AvgIpc) is 2.86. The number of amides is 3. The van der Waals surface area contributed by atoms with E-state index in [2.05, 4.69) is 10.3 Å². The molecule has 1 aliphatic rings. The number of anilines is 1. The van der Waals surface area contributed by atoms with Crippen LogP contribution in [0.4, 0.5) is 5.69 Å². The third-order valence-electron chi connectivity index (χ3n) is 3.63. The molecular formula is C16H15N3O4. The molecule has 3 amide bonds. The minimum Gasteiger partial charge on any atom is -0.481 e. The lowest BCUT2D eigenvalue weighted by Crippen LogP contribution is -2.36. The predicted molar refractivity (Wildman–Crippen MR) is 82.9 cm³/mol. The number of ether oxygens (including phenoxy) is 1. The second-order valence-electron chi connectivity index (χ2n) is 5.15. The lowest BCUT2D eigenvalue weighted by atomic mass is 10.2. The highest BCUT2D eigenvalue weighted by Gasteiger charge is 2.30. The van der Waals surface area contributed by atoms with Gasteiger partial charge < -0.3 is 10.1 Å². The summed E-state index contributed by atoms with van der Waals surface area (Å²) in [5.41, 5.74) is 1.09. The zero-order valence-corrected chi connectivity index (χ0v) is 12.5. The van der Waals surface area contributed by atoms with Gasteiger partial charge in [0, 0.05) is 24.3 Å². The van der Waals surface area contributed by atoms with Crippen molar-refractivity contribution in [3.63, 3.8) is 0 Å². The van der Waals surface area contributed by atoms with Crippen molar-refractivity contribution < 1.29 is 19.1 Å². The van der Waals surface area contributed by atoms with E-state index in [9.17, 15) is 14.4 Å². The highest BCUT2D eigenvalue weighted by atomic mass is 16.5. The van der Waals surface area contributed by atoms with Crippen molar-refractivity contribution >= 4 is 34.3 Å². The summed E-state index contributed by atoms with van der Waals surface area (Å²) in [6, 6.07) is 8.93. The number of likely N-dealkylation sites (tertiary alicyclic amines) is 1. The minimum absolute atomic E-state index is 0.166. The first-order valence-corrected chi connectivity index (χ1v) is 7.15. The molecule has 2 heterocycles. The first kappa shape index (κ1) is 15.0. The van der Waals surface area contributed by atoms with Gasteiger partial charge in [0.15, 0.2) is 0 Å². The predicted octanol–water partition coefficient (Wildman–Crippen LogP) is 1.33. The third kappa shape index (κ3) is 2.98. The number of carbonyl (C=O) groups excluding carboxylic acids is 3. The Balaban J connectivity index is 1.82. The number of para-hydroxylation sites is 1. The number of benzene rings is 1. The van der Waals surface area contributed by atoms with Gasteiger partial charge in [-0.25, -0.2) is 4.98 Å². The molecule has 1 saturated heterocycles. The van der Waals surface area contributed by atoms with Crippen molar-refractivity contribution in [1.29, 1.82) is 0 Å². The van der Waals surface area contributed by atoms with Gasteiger partial charge in [-0.05, 0) is 12.1 Å². The Morgan fingerprint density at radius 1 is 1.22 bits per heavy atom. The molecular weight excluding hydrogens is 298 g/mol. The molecule has 0 aliphatic carbocycles. The van der Waals surface area contributed by atoms with Gasteiger partial charge in [0.05, 0.1) is 18.3 Å². The zero-order chi connectivity index (χ0) is 16.4. The van der Waals surface area contributed by atoms with Gasteiger partial charge in [-0.15, -0.1) is 0 Å². The summed E-state index contributed by atoms with van der Waals surface area (Å²) in [7, 11) is 1.51. The van der Waals surface area contributed by atoms with Gasteiger partial charge in [-0.1, -0.05) is 12.1 Å². The fourth-order valence-electron chi connectivity index (χ4n) is 2.48. The monoisotopic (exact) mass is 313 g/mol. The maximum absolute atomic E-state index is 12.1. The van der Waals surface area contributed by atoms with E-state index in [0.717, 1.165) is 10.3 Å². The second kappa shape index (κ2) is 6.04. The number of methoxy groups -OCH3 is 1. The van der Waals surface area contributed by atoms with E-state index in [0.29, 0.717) is 17.1 Å². The second-order valence-corrected chi connectivity index (χ2v) is 5.15. The summed E-state index contributed by atoms with van der Waals surface area (Å²) in [5.74, 6) is -0.638. The van der Waals surface area contributed by atoms with Crippen molar-refractivity contribution in [2.24, 2.45) is 0 Å². The van der Waals surface area contributed by atoms with E-state index < -0.39 is 5.91 Å². The fraction of sp³-hybridized carbons (Fsp3) is 0.250. The lowest BCUT2D eigenvalue weighted by Gasteiger charge is -2.14. The number of rotatable bonds is 4. The number of nitrogens with zero attached hydrogens (tertiary/aromatic N) is 2. The Labute approximate surface area is 132 Å². The van der Waals surface area contributed by atoms with Crippen LogP contribution < -0.4 is 10.1 Å². The van der Waals surface area contributed by atoms with Gasteiger partial charge in [0.2, 0.25) is 23.6 Å². The summed E-state index contributed by atoms with van der Waals surface area (Å²) in [6.45, 7) is -0.280. The molecule has 3 rings (SSSR count). The van der Waals surface area contributed by atoms with Crippen molar-refractivity contribution in [1.82, 2.24) is 9.88 Å². The zero-order valence-electron chi connectivity index (χ0n) is 12.5. The number of pyridine rings is 1. The van der Waals surface area contributed by atoms with Crippen LogP contribution in [-0.4, -0.2) is 41.3 Å². The van der Waals surface area contributed by atoms with Crippen LogP contribution in [0.1, 0.15) is 12.8 Å². The number of aromatic nitrogens is 1. The number of fused-ring (bicyclic) bond motifs is 1. The molecule has 7 nitrogen and oxygen atoms in total. The maximum atomic E-state index is 12.1.